The lowest BCUT2D eigenvalue weighted by atomic mass is 10.1. The molecule has 0 fully saturated rings. The van der Waals surface area contributed by atoms with Gasteiger partial charge in [-0.05, 0) is 48.5 Å². The third-order valence-corrected chi connectivity index (χ3v) is 4.60. The molecule has 0 saturated heterocycles. The Balaban J connectivity index is 1.84. The summed E-state index contributed by atoms with van der Waals surface area (Å²) < 4.78 is 45.4. The topological polar surface area (TPSA) is 34.1 Å². The second kappa shape index (κ2) is 7.47. The normalized spacial score (nSPS) is 11.4. The predicted octanol–water partition coefficient (Wildman–Crippen LogP) is 6.67. The van der Waals surface area contributed by atoms with Gasteiger partial charge in [-0.2, -0.15) is 13.2 Å². The molecule has 3 aromatic carbocycles. The van der Waals surface area contributed by atoms with Crippen LogP contribution in [0.2, 0.25) is 0 Å². The molecule has 146 valence electrons. The van der Waals surface area contributed by atoms with E-state index in [9.17, 15) is 13.2 Å². The van der Waals surface area contributed by atoms with E-state index in [1.165, 1.54) is 12.1 Å². The van der Waals surface area contributed by atoms with Crippen molar-refractivity contribution >= 4 is 22.3 Å². The minimum atomic E-state index is -4.45. The molecule has 0 saturated carbocycles. The van der Waals surface area contributed by atoms with E-state index in [1.54, 1.807) is 19.2 Å². The molecule has 1 N–H and O–H groups in total. The molecule has 0 bridgehead atoms. The third-order valence-electron chi connectivity index (χ3n) is 4.60. The lowest BCUT2D eigenvalue weighted by Crippen LogP contribution is -2.08. The second-order valence-electron chi connectivity index (χ2n) is 6.47. The summed E-state index contributed by atoms with van der Waals surface area (Å²) in [6.45, 7) is 0. The smallest absolute Gasteiger partial charge is 0.418 e. The fourth-order valence-electron chi connectivity index (χ4n) is 3.17. The van der Waals surface area contributed by atoms with Gasteiger partial charge in [-0.25, -0.2) is 4.98 Å². The summed E-state index contributed by atoms with van der Waals surface area (Å²) in [5, 5.41) is 3.71. The van der Waals surface area contributed by atoms with Crippen LogP contribution in [0.5, 0.6) is 5.75 Å². The number of ether oxygens (including phenoxy) is 1. The fourth-order valence-corrected chi connectivity index (χ4v) is 3.17. The highest BCUT2D eigenvalue weighted by molar-refractivity contribution is 5.95. The van der Waals surface area contributed by atoms with E-state index in [0.29, 0.717) is 22.6 Å². The number of halogens is 3. The number of nitrogens with one attached hydrogen (secondary N) is 1. The first-order valence-corrected chi connectivity index (χ1v) is 8.93. The Morgan fingerprint density at radius 3 is 2.24 bits per heavy atom. The third kappa shape index (κ3) is 3.87. The second-order valence-corrected chi connectivity index (χ2v) is 6.47. The van der Waals surface area contributed by atoms with Crippen LogP contribution in [0.25, 0.3) is 22.2 Å². The van der Waals surface area contributed by atoms with Crippen molar-refractivity contribution in [2.45, 2.75) is 6.18 Å². The van der Waals surface area contributed by atoms with Crippen LogP contribution < -0.4 is 10.1 Å². The summed E-state index contributed by atoms with van der Waals surface area (Å²) in [6.07, 6.45) is -4.45. The summed E-state index contributed by atoms with van der Waals surface area (Å²) >= 11 is 0. The molecule has 29 heavy (non-hydrogen) atoms. The molecule has 0 atom stereocenters. The summed E-state index contributed by atoms with van der Waals surface area (Å²) in [5.41, 5.74) is 2.01. The van der Waals surface area contributed by atoms with Gasteiger partial charge in [0.25, 0.3) is 0 Å². The largest absolute Gasteiger partial charge is 0.497 e. The van der Waals surface area contributed by atoms with Crippen LogP contribution in [0, 0.1) is 0 Å². The lowest BCUT2D eigenvalue weighted by Gasteiger charge is -2.16. The Kier molecular flexibility index (Phi) is 4.84. The average Bonchev–Trinajstić information content (AvgIpc) is 2.73. The van der Waals surface area contributed by atoms with Crippen LogP contribution >= 0.6 is 0 Å². The first-order chi connectivity index (χ1) is 14.0. The summed E-state index contributed by atoms with van der Waals surface area (Å²) in [5.74, 6) is 0.715. The van der Waals surface area contributed by atoms with Crippen LogP contribution in [-0.4, -0.2) is 12.1 Å². The number of nitrogens with zero attached hydrogens (tertiary/aromatic N) is 1. The van der Waals surface area contributed by atoms with Crippen molar-refractivity contribution in [1.29, 1.82) is 0 Å². The summed E-state index contributed by atoms with van der Waals surface area (Å²) in [6, 6.07) is 21.9. The zero-order valence-corrected chi connectivity index (χ0v) is 15.5. The van der Waals surface area contributed by atoms with E-state index in [1.807, 2.05) is 48.5 Å². The van der Waals surface area contributed by atoms with Gasteiger partial charge in [0.1, 0.15) is 5.75 Å². The monoisotopic (exact) mass is 394 g/mol. The summed E-state index contributed by atoms with van der Waals surface area (Å²) in [4.78, 5) is 4.67. The number of aromatic nitrogens is 1. The van der Waals surface area contributed by atoms with Gasteiger partial charge >= 0.3 is 6.18 Å². The van der Waals surface area contributed by atoms with E-state index in [-0.39, 0.29) is 5.69 Å². The highest BCUT2D eigenvalue weighted by atomic mass is 19.4. The van der Waals surface area contributed by atoms with Gasteiger partial charge in [-0.3, -0.25) is 0 Å². The number of methoxy groups -OCH3 is 1. The number of hydrogen-bond donors (Lipinski definition) is 1. The molecule has 0 aliphatic heterocycles. The van der Waals surface area contributed by atoms with E-state index in [4.69, 9.17) is 4.74 Å². The van der Waals surface area contributed by atoms with Crippen molar-refractivity contribution in [2.75, 3.05) is 12.4 Å². The van der Waals surface area contributed by atoms with Crippen LogP contribution in [0.15, 0.2) is 78.9 Å². The summed E-state index contributed by atoms with van der Waals surface area (Å²) in [7, 11) is 1.59. The SMILES string of the molecule is COc1ccc(-c2cc(Nc3ccccc3C(F)(F)F)c3ccccc3n2)cc1. The molecule has 0 amide bonds. The van der Waals surface area contributed by atoms with Crippen LogP contribution in [-0.2, 0) is 6.18 Å². The molecule has 4 rings (SSSR count). The molecule has 0 aliphatic carbocycles. The number of anilines is 2. The Labute approximate surface area is 165 Å². The maximum atomic E-state index is 13.4. The first kappa shape index (κ1) is 18.8. The first-order valence-electron chi connectivity index (χ1n) is 8.93. The molecule has 0 radical (unpaired) electrons. The zero-order chi connectivity index (χ0) is 20.4. The molecule has 1 heterocycles. The zero-order valence-electron chi connectivity index (χ0n) is 15.5. The minimum Gasteiger partial charge on any atom is -0.497 e. The Morgan fingerprint density at radius 1 is 0.828 bits per heavy atom. The van der Waals surface area contributed by atoms with Crippen molar-refractivity contribution in [3.63, 3.8) is 0 Å². The molecule has 4 aromatic rings. The predicted molar refractivity (Wildman–Crippen MR) is 108 cm³/mol. The van der Waals surface area contributed by atoms with E-state index < -0.39 is 11.7 Å². The molecule has 1 aromatic heterocycles. The van der Waals surface area contributed by atoms with Gasteiger partial charge < -0.3 is 10.1 Å². The van der Waals surface area contributed by atoms with Crippen molar-refractivity contribution in [2.24, 2.45) is 0 Å². The number of alkyl halides is 3. The maximum absolute atomic E-state index is 13.4. The van der Waals surface area contributed by atoms with E-state index in [2.05, 4.69) is 10.3 Å². The highest BCUT2D eigenvalue weighted by Crippen LogP contribution is 2.38. The standard InChI is InChI=1S/C23H17F3N2O/c1-29-16-12-10-15(11-13-16)21-14-22(17-6-2-4-8-19(17)27-21)28-20-9-5-3-7-18(20)23(24,25)26/h2-14H,1H3,(H,27,28). The molecule has 0 unspecified atom stereocenters. The number of pyridine rings is 1. The number of fused-ring (bicyclic) bond motifs is 1. The van der Waals surface area contributed by atoms with E-state index >= 15 is 0 Å². The van der Waals surface area contributed by atoms with Gasteiger partial charge in [-0.1, -0.05) is 30.3 Å². The number of hydrogen-bond acceptors (Lipinski definition) is 3. The number of benzene rings is 3. The molecular weight excluding hydrogens is 377 g/mol. The van der Waals surface area contributed by atoms with Gasteiger partial charge in [-0.15, -0.1) is 0 Å². The quantitative estimate of drug-likeness (QED) is 0.420. The highest BCUT2D eigenvalue weighted by Gasteiger charge is 2.33. The van der Waals surface area contributed by atoms with Crippen LogP contribution in [0.1, 0.15) is 5.56 Å². The molecule has 6 heteroatoms. The van der Waals surface area contributed by atoms with Crippen LogP contribution in [0.4, 0.5) is 24.5 Å². The number of para-hydroxylation sites is 2. The fraction of sp³-hybridized carbons (Fsp3) is 0.0870. The van der Waals surface area contributed by atoms with Gasteiger partial charge in [0.2, 0.25) is 0 Å². The maximum Gasteiger partial charge on any atom is 0.418 e. The molecule has 0 spiro atoms. The van der Waals surface area contributed by atoms with Crippen molar-refractivity contribution in [3.8, 4) is 17.0 Å². The minimum absolute atomic E-state index is 0.00275. The molecule has 0 aliphatic rings. The Morgan fingerprint density at radius 2 is 1.52 bits per heavy atom. The average molecular weight is 394 g/mol. The van der Waals surface area contributed by atoms with Gasteiger partial charge in [0, 0.05) is 10.9 Å². The lowest BCUT2D eigenvalue weighted by molar-refractivity contribution is -0.136. The van der Waals surface area contributed by atoms with Crippen LogP contribution in [0.3, 0.4) is 0 Å². The molecule has 3 nitrogen and oxygen atoms in total. The van der Waals surface area contributed by atoms with E-state index in [0.717, 1.165) is 17.0 Å². The van der Waals surface area contributed by atoms with Crippen molar-refractivity contribution in [1.82, 2.24) is 4.98 Å². The Bertz CT molecular complexity index is 1150. The van der Waals surface area contributed by atoms with Gasteiger partial charge in [0.05, 0.1) is 35.3 Å². The van der Waals surface area contributed by atoms with Crippen molar-refractivity contribution in [3.05, 3.63) is 84.4 Å². The van der Waals surface area contributed by atoms with Crippen molar-refractivity contribution < 1.29 is 17.9 Å². The number of rotatable bonds is 4. The Hall–Kier alpha value is -3.54. The molecular formula is C23H17F3N2O. The van der Waals surface area contributed by atoms with Gasteiger partial charge in [0.15, 0.2) is 0 Å².